The summed E-state index contributed by atoms with van der Waals surface area (Å²) in [6, 6.07) is -1.18. The van der Waals surface area contributed by atoms with Gasteiger partial charge in [0.05, 0.1) is 5.69 Å². The second-order valence-electron chi connectivity index (χ2n) is 5.57. The van der Waals surface area contributed by atoms with Crippen LogP contribution in [0.25, 0.3) is 0 Å². The lowest BCUT2D eigenvalue weighted by molar-refractivity contribution is -0.139. The number of nitrogens with two attached hydrogens (primary N) is 1. The average molecular weight is 314 g/mol. The third-order valence-electron chi connectivity index (χ3n) is 2.69. The Labute approximate surface area is 125 Å². The molecule has 116 valence electrons. The molecule has 0 aliphatic carbocycles. The number of amides is 2. The van der Waals surface area contributed by atoms with Crippen LogP contribution >= 0.6 is 11.5 Å². The summed E-state index contributed by atoms with van der Waals surface area (Å²) >= 11 is 0.905. The van der Waals surface area contributed by atoms with E-state index in [0.717, 1.165) is 11.5 Å². The van der Waals surface area contributed by atoms with E-state index in [1.807, 2.05) is 20.8 Å². The number of hydrogen-bond donors (Lipinski definition) is 3. The smallest absolute Gasteiger partial charge is 0.326 e. The fraction of sp³-hybridized carbons (Fsp3) is 0.583. The fourth-order valence-corrected chi connectivity index (χ4v) is 2.38. The Morgan fingerprint density at radius 2 is 2.00 bits per heavy atom. The zero-order valence-corrected chi connectivity index (χ0v) is 12.9. The van der Waals surface area contributed by atoms with E-state index in [4.69, 9.17) is 10.8 Å². The molecular weight excluding hydrogens is 296 g/mol. The highest BCUT2D eigenvalue weighted by molar-refractivity contribution is 7.08. The first kappa shape index (κ1) is 17.0. The summed E-state index contributed by atoms with van der Waals surface area (Å²) in [5.41, 5.74) is 5.11. The first-order valence-electron chi connectivity index (χ1n) is 6.27. The molecule has 0 radical (unpaired) electrons. The fourth-order valence-electron chi connectivity index (χ4n) is 1.60. The van der Waals surface area contributed by atoms with Crippen LogP contribution in [0, 0.1) is 0 Å². The molecule has 0 fully saturated rings. The molecular formula is C12H18N4O4S. The molecule has 4 N–H and O–H groups in total. The Bertz CT molecular complexity index is 550. The molecule has 0 bridgehead atoms. The van der Waals surface area contributed by atoms with E-state index in [1.165, 1.54) is 0 Å². The van der Waals surface area contributed by atoms with Crippen LogP contribution in [-0.2, 0) is 15.0 Å². The highest BCUT2D eigenvalue weighted by Gasteiger charge is 2.29. The SMILES string of the molecule is CC(C)(C)c1nnsc1C(=O)N[C@H](CCC(N)=O)C(=O)O. The van der Waals surface area contributed by atoms with Crippen molar-refractivity contribution >= 4 is 29.3 Å². The Balaban J connectivity index is 2.86. The van der Waals surface area contributed by atoms with Gasteiger partial charge in [-0.05, 0) is 18.0 Å². The second-order valence-corrected chi connectivity index (χ2v) is 6.32. The maximum atomic E-state index is 12.2. The van der Waals surface area contributed by atoms with Crippen molar-refractivity contribution in [3.05, 3.63) is 10.6 Å². The lowest BCUT2D eigenvalue weighted by Crippen LogP contribution is -2.41. The molecule has 1 aromatic rings. The molecule has 1 atom stereocenters. The summed E-state index contributed by atoms with van der Waals surface area (Å²) in [6.45, 7) is 5.63. The maximum absolute atomic E-state index is 12.2. The van der Waals surface area contributed by atoms with Gasteiger partial charge in [0, 0.05) is 11.8 Å². The van der Waals surface area contributed by atoms with Crippen molar-refractivity contribution in [1.29, 1.82) is 0 Å². The van der Waals surface area contributed by atoms with Crippen LogP contribution in [0.2, 0.25) is 0 Å². The molecule has 21 heavy (non-hydrogen) atoms. The lowest BCUT2D eigenvalue weighted by atomic mass is 9.91. The Morgan fingerprint density at radius 3 is 2.48 bits per heavy atom. The minimum atomic E-state index is -1.22. The van der Waals surface area contributed by atoms with Crippen LogP contribution in [0.1, 0.15) is 49.0 Å². The molecule has 1 rings (SSSR count). The summed E-state index contributed by atoms with van der Waals surface area (Å²) in [5.74, 6) is -2.41. The number of aliphatic carboxylic acids is 1. The minimum Gasteiger partial charge on any atom is -0.480 e. The zero-order valence-electron chi connectivity index (χ0n) is 12.0. The van der Waals surface area contributed by atoms with E-state index in [2.05, 4.69) is 14.9 Å². The quantitative estimate of drug-likeness (QED) is 0.690. The summed E-state index contributed by atoms with van der Waals surface area (Å²) in [6.07, 6.45) is -0.183. The molecule has 0 unspecified atom stereocenters. The number of nitrogens with one attached hydrogen (secondary N) is 1. The van der Waals surface area contributed by atoms with E-state index in [-0.39, 0.29) is 23.1 Å². The van der Waals surface area contributed by atoms with E-state index < -0.39 is 23.8 Å². The maximum Gasteiger partial charge on any atom is 0.326 e. The predicted molar refractivity (Wildman–Crippen MR) is 75.9 cm³/mol. The highest BCUT2D eigenvalue weighted by Crippen LogP contribution is 2.25. The number of hydrogen-bond acceptors (Lipinski definition) is 6. The number of aromatic nitrogens is 2. The van der Waals surface area contributed by atoms with Crippen molar-refractivity contribution in [3.8, 4) is 0 Å². The van der Waals surface area contributed by atoms with Crippen LogP contribution in [0.5, 0.6) is 0 Å². The van der Waals surface area contributed by atoms with E-state index in [1.54, 1.807) is 0 Å². The molecule has 1 aromatic heterocycles. The van der Waals surface area contributed by atoms with Crippen molar-refractivity contribution in [2.45, 2.75) is 45.1 Å². The van der Waals surface area contributed by atoms with Crippen molar-refractivity contribution in [2.24, 2.45) is 5.73 Å². The van der Waals surface area contributed by atoms with Gasteiger partial charge in [0.25, 0.3) is 5.91 Å². The molecule has 0 saturated heterocycles. The number of nitrogens with zero attached hydrogens (tertiary/aromatic N) is 2. The van der Waals surface area contributed by atoms with Crippen LogP contribution < -0.4 is 11.1 Å². The van der Waals surface area contributed by atoms with Crippen molar-refractivity contribution in [3.63, 3.8) is 0 Å². The molecule has 8 nitrogen and oxygen atoms in total. The van der Waals surface area contributed by atoms with Crippen LogP contribution in [0.3, 0.4) is 0 Å². The summed E-state index contributed by atoms with van der Waals surface area (Å²) in [7, 11) is 0. The van der Waals surface area contributed by atoms with Crippen molar-refractivity contribution in [1.82, 2.24) is 14.9 Å². The van der Waals surface area contributed by atoms with Crippen LogP contribution in [0.15, 0.2) is 0 Å². The van der Waals surface area contributed by atoms with Crippen molar-refractivity contribution in [2.75, 3.05) is 0 Å². The number of rotatable bonds is 6. The normalized spacial score (nSPS) is 12.7. The molecule has 0 aliphatic heterocycles. The van der Waals surface area contributed by atoms with Gasteiger partial charge in [-0.2, -0.15) is 0 Å². The van der Waals surface area contributed by atoms with Gasteiger partial charge in [0.15, 0.2) is 0 Å². The molecule has 2 amide bonds. The van der Waals surface area contributed by atoms with Crippen LogP contribution in [-0.4, -0.2) is 38.5 Å². The van der Waals surface area contributed by atoms with Gasteiger partial charge >= 0.3 is 5.97 Å². The molecule has 0 aromatic carbocycles. The first-order valence-corrected chi connectivity index (χ1v) is 7.05. The number of carboxylic acid groups (broad SMARTS) is 1. The second kappa shape index (κ2) is 6.61. The topological polar surface area (TPSA) is 135 Å². The molecule has 1 heterocycles. The van der Waals surface area contributed by atoms with E-state index >= 15 is 0 Å². The first-order chi connectivity index (χ1) is 9.62. The highest BCUT2D eigenvalue weighted by atomic mass is 32.1. The van der Waals surface area contributed by atoms with E-state index in [9.17, 15) is 14.4 Å². The van der Waals surface area contributed by atoms with Gasteiger partial charge in [0.2, 0.25) is 5.91 Å². The third-order valence-corrected chi connectivity index (χ3v) is 3.41. The zero-order chi connectivity index (χ0) is 16.2. The lowest BCUT2D eigenvalue weighted by Gasteiger charge is -2.17. The van der Waals surface area contributed by atoms with E-state index in [0.29, 0.717) is 5.69 Å². The largest absolute Gasteiger partial charge is 0.480 e. The molecule has 9 heteroatoms. The van der Waals surface area contributed by atoms with Crippen LogP contribution in [0.4, 0.5) is 0 Å². The Kier molecular flexibility index (Phi) is 5.36. The summed E-state index contributed by atoms with van der Waals surface area (Å²) < 4.78 is 3.75. The molecule has 0 spiro atoms. The van der Waals surface area contributed by atoms with Gasteiger partial charge < -0.3 is 16.2 Å². The molecule has 0 aliphatic rings. The number of carbonyl (C=O) groups is 3. The van der Waals surface area contributed by atoms with Gasteiger partial charge in [-0.15, -0.1) is 5.10 Å². The van der Waals surface area contributed by atoms with Crippen molar-refractivity contribution < 1.29 is 19.5 Å². The Morgan fingerprint density at radius 1 is 1.38 bits per heavy atom. The average Bonchev–Trinajstić information content (AvgIpc) is 2.82. The van der Waals surface area contributed by atoms with Gasteiger partial charge in [-0.3, -0.25) is 9.59 Å². The summed E-state index contributed by atoms with van der Waals surface area (Å²) in [4.78, 5) is 34.3. The third kappa shape index (κ3) is 4.78. The minimum absolute atomic E-state index is 0.0620. The van der Waals surface area contributed by atoms with Gasteiger partial charge in [0.1, 0.15) is 10.9 Å². The predicted octanol–water partition coefficient (Wildman–Crippen LogP) is 0.284. The number of carbonyl (C=O) groups excluding carboxylic acids is 2. The molecule has 0 saturated carbocycles. The standard InChI is InChI=1S/C12H18N4O4S/c1-12(2,3)9-8(21-16-15-9)10(18)14-6(11(19)20)4-5-7(13)17/h6H,4-5H2,1-3H3,(H2,13,17)(H,14,18)(H,19,20)/t6-/m1/s1. The van der Waals surface area contributed by atoms with Gasteiger partial charge in [-0.1, -0.05) is 25.3 Å². The number of carboxylic acids is 1. The monoisotopic (exact) mass is 314 g/mol. The number of primary amides is 1. The summed E-state index contributed by atoms with van der Waals surface area (Å²) in [5, 5.41) is 15.4. The Hall–Kier alpha value is -2.03. The van der Waals surface area contributed by atoms with Gasteiger partial charge in [-0.25, -0.2) is 4.79 Å².